The van der Waals surface area contributed by atoms with Gasteiger partial charge in [0.05, 0.1) is 23.9 Å². The Hall–Kier alpha value is -0.970. The Kier molecular flexibility index (Phi) is 3.33. The minimum atomic E-state index is -0.0741. The highest BCUT2D eigenvalue weighted by molar-refractivity contribution is 5.10. The van der Waals surface area contributed by atoms with E-state index in [1.54, 1.807) is 0 Å². The number of nitrogens with two attached hydrogens (primary N) is 1. The largest absolute Gasteiger partial charge is 0.378 e. The van der Waals surface area contributed by atoms with Crippen LogP contribution in [0.3, 0.4) is 0 Å². The molecule has 0 bridgehead atoms. The topological polar surface area (TPSA) is 57.4 Å². The zero-order valence-corrected chi connectivity index (χ0v) is 10.5. The molecule has 3 heterocycles. The van der Waals surface area contributed by atoms with Crippen LogP contribution < -0.4 is 5.73 Å². The summed E-state index contributed by atoms with van der Waals surface area (Å²) in [6.07, 6.45) is 4.81. The van der Waals surface area contributed by atoms with Crippen LogP contribution in [0.1, 0.15) is 31.0 Å². The fraction of sp³-hybridized carbons (Fsp3) is 0.643. The first-order valence-electron chi connectivity index (χ1n) is 6.67. The minimum absolute atomic E-state index is 0.00701. The van der Waals surface area contributed by atoms with E-state index in [1.165, 1.54) is 0 Å². The molecule has 1 aromatic rings. The molecule has 1 spiro atoms. The van der Waals surface area contributed by atoms with Gasteiger partial charge >= 0.3 is 0 Å². The second kappa shape index (κ2) is 4.96. The third kappa shape index (κ3) is 2.28. The highest BCUT2D eigenvalue weighted by atomic mass is 16.6. The van der Waals surface area contributed by atoms with Crippen molar-refractivity contribution in [2.45, 2.75) is 30.9 Å². The Morgan fingerprint density at radius 1 is 1.39 bits per heavy atom. The SMILES string of the molecule is NC(c1ccccn1)C1CCOC2(CCOC2)C1. The van der Waals surface area contributed by atoms with Gasteiger partial charge < -0.3 is 15.2 Å². The van der Waals surface area contributed by atoms with Gasteiger partial charge in [0.15, 0.2) is 0 Å². The second-order valence-electron chi connectivity index (χ2n) is 5.37. The summed E-state index contributed by atoms with van der Waals surface area (Å²) in [6, 6.07) is 5.94. The molecule has 18 heavy (non-hydrogen) atoms. The second-order valence-corrected chi connectivity index (χ2v) is 5.37. The normalized spacial score (nSPS) is 33.7. The third-order valence-electron chi connectivity index (χ3n) is 4.14. The van der Waals surface area contributed by atoms with E-state index in [0.717, 1.165) is 44.8 Å². The summed E-state index contributed by atoms with van der Waals surface area (Å²) in [5, 5.41) is 0. The Labute approximate surface area is 107 Å². The van der Waals surface area contributed by atoms with Crippen LogP contribution in [0.25, 0.3) is 0 Å². The standard InChI is InChI=1S/C14H20N2O2/c15-13(12-3-1-2-6-16-12)11-4-7-18-14(9-11)5-8-17-10-14/h1-3,6,11,13H,4-5,7-10,15H2. The van der Waals surface area contributed by atoms with Gasteiger partial charge in [-0.15, -0.1) is 0 Å². The highest BCUT2D eigenvalue weighted by Crippen LogP contribution is 2.39. The summed E-state index contributed by atoms with van der Waals surface area (Å²) in [4.78, 5) is 4.37. The molecule has 0 aromatic carbocycles. The smallest absolute Gasteiger partial charge is 0.0940 e. The maximum absolute atomic E-state index is 6.36. The maximum atomic E-state index is 6.36. The van der Waals surface area contributed by atoms with E-state index in [9.17, 15) is 0 Å². The number of rotatable bonds is 2. The molecule has 1 aromatic heterocycles. The fourth-order valence-electron chi connectivity index (χ4n) is 3.05. The van der Waals surface area contributed by atoms with Gasteiger partial charge in [0.2, 0.25) is 0 Å². The van der Waals surface area contributed by atoms with Gasteiger partial charge in [0.25, 0.3) is 0 Å². The average molecular weight is 248 g/mol. The van der Waals surface area contributed by atoms with E-state index >= 15 is 0 Å². The van der Waals surface area contributed by atoms with Gasteiger partial charge in [-0.05, 0) is 30.9 Å². The summed E-state index contributed by atoms with van der Waals surface area (Å²) < 4.78 is 11.4. The van der Waals surface area contributed by atoms with Crippen LogP contribution in [0.4, 0.5) is 0 Å². The van der Waals surface area contributed by atoms with Crippen molar-refractivity contribution < 1.29 is 9.47 Å². The number of nitrogens with zero attached hydrogens (tertiary/aromatic N) is 1. The number of hydrogen-bond acceptors (Lipinski definition) is 4. The maximum Gasteiger partial charge on any atom is 0.0940 e. The summed E-state index contributed by atoms with van der Waals surface area (Å²) in [6.45, 7) is 2.32. The third-order valence-corrected chi connectivity index (χ3v) is 4.14. The van der Waals surface area contributed by atoms with Crippen LogP contribution in [0.5, 0.6) is 0 Å². The molecule has 0 saturated carbocycles. The lowest BCUT2D eigenvalue weighted by Gasteiger charge is -2.39. The monoisotopic (exact) mass is 248 g/mol. The minimum Gasteiger partial charge on any atom is -0.378 e. The molecule has 0 aliphatic carbocycles. The summed E-state index contributed by atoms with van der Waals surface area (Å²) in [5.41, 5.74) is 7.27. The van der Waals surface area contributed by atoms with E-state index in [-0.39, 0.29) is 11.6 Å². The highest BCUT2D eigenvalue weighted by Gasteiger charge is 2.42. The first-order chi connectivity index (χ1) is 8.79. The Morgan fingerprint density at radius 2 is 2.33 bits per heavy atom. The quantitative estimate of drug-likeness (QED) is 0.865. The fourth-order valence-corrected chi connectivity index (χ4v) is 3.05. The summed E-state index contributed by atoms with van der Waals surface area (Å²) in [5.74, 6) is 0.440. The molecular formula is C14H20N2O2. The molecule has 3 rings (SSSR count). The van der Waals surface area contributed by atoms with Crippen molar-refractivity contribution in [3.63, 3.8) is 0 Å². The lowest BCUT2D eigenvalue weighted by Crippen LogP contribution is -2.43. The van der Waals surface area contributed by atoms with Gasteiger partial charge in [-0.2, -0.15) is 0 Å². The van der Waals surface area contributed by atoms with Crippen LogP contribution in [0, 0.1) is 5.92 Å². The molecule has 0 radical (unpaired) electrons. The van der Waals surface area contributed by atoms with E-state index in [0.29, 0.717) is 5.92 Å². The first kappa shape index (κ1) is 12.1. The zero-order valence-electron chi connectivity index (χ0n) is 10.5. The molecular weight excluding hydrogens is 228 g/mol. The van der Waals surface area contributed by atoms with Crippen molar-refractivity contribution in [1.82, 2.24) is 4.98 Å². The molecule has 2 N–H and O–H groups in total. The van der Waals surface area contributed by atoms with Crippen molar-refractivity contribution >= 4 is 0 Å². The van der Waals surface area contributed by atoms with E-state index in [4.69, 9.17) is 15.2 Å². The van der Waals surface area contributed by atoms with E-state index in [2.05, 4.69) is 4.98 Å². The molecule has 4 nitrogen and oxygen atoms in total. The zero-order chi connectivity index (χ0) is 12.4. The van der Waals surface area contributed by atoms with Gasteiger partial charge in [0.1, 0.15) is 0 Å². The summed E-state index contributed by atoms with van der Waals surface area (Å²) in [7, 11) is 0. The van der Waals surface area contributed by atoms with Gasteiger partial charge in [-0.3, -0.25) is 4.98 Å². The molecule has 2 saturated heterocycles. The van der Waals surface area contributed by atoms with Crippen LogP contribution in [-0.2, 0) is 9.47 Å². The van der Waals surface area contributed by atoms with Crippen molar-refractivity contribution in [3.8, 4) is 0 Å². The molecule has 3 unspecified atom stereocenters. The molecule has 0 amide bonds. The predicted molar refractivity (Wildman–Crippen MR) is 68.0 cm³/mol. The van der Waals surface area contributed by atoms with Gasteiger partial charge in [0, 0.05) is 25.8 Å². The van der Waals surface area contributed by atoms with Crippen LogP contribution in [0.15, 0.2) is 24.4 Å². The van der Waals surface area contributed by atoms with Crippen molar-refractivity contribution in [2.24, 2.45) is 11.7 Å². The number of pyridine rings is 1. The summed E-state index contributed by atoms with van der Waals surface area (Å²) >= 11 is 0. The molecule has 3 atom stereocenters. The Morgan fingerprint density at radius 3 is 3.06 bits per heavy atom. The lowest BCUT2D eigenvalue weighted by atomic mass is 9.80. The average Bonchev–Trinajstić information content (AvgIpc) is 2.87. The molecule has 2 fully saturated rings. The van der Waals surface area contributed by atoms with Crippen molar-refractivity contribution in [1.29, 1.82) is 0 Å². The van der Waals surface area contributed by atoms with Crippen LogP contribution in [-0.4, -0.2) is 30.4 Å². The van der Waals surface area contributed by atoms with Crippen LogP contribution >= 0.6 is 0 Å². The van der Waals surface area contributed by atoms with Gasteiger partial charge in [-0.1, -0.05) is 6.07 Å². The molecule has 2 aliphatic heterocycles. The molecule has 98 valence electrons. The lowest BCUT2D eigenvalue weighted by molar-refractivity contribution is -0.101. The Bertz CT molecular complexity index is 390. The predicted octanol–water partition coefficient (Wildman–Crippen LogP) is 1.67. The van der Waals surface area contributed by atoms with E-state index < -0.39 is 0 Å². The van der Waals surface area contributed by atoms with Gasteiger partial charge in [-0.25, -0.2) is 0 Å². The molecule has 2 aliphatic rings. The van der Waals surface area contributed by atoms with Crippen molar-refractivity contribution in [3.05, 3.63) is 30.1 Å². The van der Waals surface area contributed by atoms with E-state index in [1.807, 2.05) is 24.4 Å². The number of aromatic nitrogens is 1. The van der Waals surface area contributed by atoms with Crippen LogP contribution in [0.2, 0.25) is 0 Å². The number of hydrogen-bond donors (Lipinski definition) is 1. The molecule has 4 heteroatoms. The first-order valence-corrected chi connectivity index (χ1v) is 6.67. The number of ether oxygens (including phenoxy) is 2. The Balaban J connectivity index is 1.72. The van der Waals surface area contributed by atoms with Crippen molar-refractivity contribution in [2.75, 3.05) is 19.8 Å².